The highest BCUT2D eigenvalue weighted by atomic mass is 19.3. The molecule has 1 aromatic carbocycles. The summed E-state index contributed by atoms with van der Waals surface area (Å²) >= 11 is 0. The van der Waals surface area contributed by atoms with Gasteiger partial charge < -0.3 is 14.4 Å². The number of rotatable bonds is 1. The van der Waals surface area contributed by atoms with Gasteiger partial charge >= 0.3 is 6.11 Å². The molecule has 4 rings (SSSR count). The maximum atomic E-state index is 13.3. The van der Waals surface area contributed by atoms with Crippen molar-refractivity contribution in [3.63, 3.8) is 0 Å². The Bertz CT molecular complexity index is 663. The third kappa shape index (κ3) is 2.31. The van der Waals surface area contributed by atoms with E-state index in [0.717, 1.165) is 24.9 Å². The van der Waals surface area contributed by atoms with Gasteiger partial charge in [0.05, 0.1) is 0 Å². The average Bonchev–Trinajstić information content (AvgIpc) is 2.84. The van der Waals surface area contributed by atoms with E-state index < -0.39 is 12.7 Å². The number of likely N-dealkylation sites (tertiary alicyclic amines) is 1. The number of ether oxygens (including phenoxy) is 2. The van der Waals surface area contributed by atoms with E-state index in [1.807, 2.05) is 19.2 Å². The van der Waals surface area contributed by atoms with Crippen molar-refractivity contribution in [3.8, 4) is 11.5 Å². The molecule has 2 aliphatic heterocycles. The lowest BCUT2D eigenvalue weighted by Gasteiger charge is -2.41. The Morgan fingerprint density at radius 1 is 1.26 bits per heavy atom. The normalized spacial score (nSPS) is 32.7. The Morgan fingerprint density at radius 3 is 2.91 bits per heavy atom. The first kappa shape index (κ1) is 14.9. The fourth-order valence-electron chi connectivity index (χ4n) is 4.29. The largest absolute Gasteiger partial charge is 0.479 e. The predicted octanol–water partition coefficient (Wildman–Crippen LogP) is 2.75. The van der Waals surface area contributed by atoms with Crippen LogP contribution in [0.25, 0.3) is 0 Å². The van der Waals surface area contributed by atoms with E-state index in [2.05, 4.69) is 9.64 Å². The van der Waals surface area contributed by atoms with Crippen LogP contribution in [0.15, 0.2) is 18.2 Å². The van der Waals surface area contributed by atoms with Crippen LogP contribution in [-0.4, -0.2) is 43.0 Å². The molecule has 2 fully saturated rings. The lowest BCUT2D eigenvalue weighted by molar-refractivity contribution is -0.208. The molecule has 0 spiro atoms. The minimum Gasteiger partial charge on any atom is -0.479 e. The maximum Gasteiger partial charge on any atom is 0.433 e. The molecule has 1 saturated carbocycles. The van der Waals surface area contributed by atoms with E-state index in [1.54, 1.807) is 6.07 Å². The molecule has 4 nitrogen and oxygen atoms in total. The van der Waals surface area contributed by atoms with Crippen LogP contribution in [0.2, 0.25) is 0 Å². The number of Topliss-reactive ketones (excluding diaryl/α,β-unsaturated/α-hetero) is 1. The van der Waals surface area contributed by atoms with Gasteiger partial charge in [-0.3, -0.25) is 4.79 Å². The molecule has 3 aliphatic rings. The van der Waals surface area contributed by atoms with Crippen molar-refractivity contribution in [1.82, 2.24) is 4.90 Å². The zero-order valence-electron chi connectivity index (χ0n) is 13.0. The third-order valence-electron chi connectivity index (χ3n) is 5.53. The van der Waals surface area contributed by atoms with Gasteiger partial charge in [0.1, 0.15) is 5.78 Å². The number of ketones is 1. The van der Waals surface area contributed by atoms with Gasteiger partial charge in [0, 0.05) is 24.3 Å². The second-order valence-electron chi connectivity index (χ2n) is 6.83. The molecular weight excluding hydrogens is 304 g/mol. The van der Waals surface area contributed by atoms with Gasteiger partial charge in [-0.25, -0.2) is 0 Å². The smallest absolute Gasteiger partial charge is 0.433 e. The SMILES string of the molecule is CN1CC[C@]2(c3ccc4c(c3)OCC(F)(F)O4)CCC(=O)C[C@H]12. The zero-order valence-corrected chi connectivity index (χ0v) is 13.0. The summed E-state index contributed by atoms with van der Waals surface area (Å²) in [7, 11) is 2.05. The molecule has 0 bridgehead atoms. The summed E-state index contributed by atoms with van der Waals surface area (Å²) in [6, 6.07) is 5.42. The minimum absolute atomic E-state index is 0.0798. The monoisotopic (exact) mass is 323 g/mol. The maximum absolute atomic E-state index is 13.3. The van der Waals surface area contributed by atoms with Crippen molar-refractivity contribution in [2.75, 3.05) is 20.2 Å². The molecule has 1 aliphatic carbocycles. The molecule has 124 valence electrons. The lowest BCUT2D eigenvalue weighted by Crippen LogP contribution is -2.46. The summed E-state index contributed by atoms with van der Waals surface area (Å²) in [4.78, 5) is 14.1. The molecular formula is C17H19F2NO3. The number of hydrogen-bond donors (Lipinski definition) is 0. The Morgan fingerprint density at radius 2 is 2.09 bits per heavy atom. The summed E-state index contributed by atoms with van der Waals surface area (Å²) in [5.74, 6) is 0.751. The fraction of sp³-hybridized carbons (Fsp3) is 0.588. The Kier molecular flexibility index (Phi) is 3.17. The van der Waals surface area contributed by atoms with Crippen molar-refractivity contribution in [2.24, 2.45) is 0 Å². The summed E-state index contributed by atoms with van der Waals surface area (Å²) < 4.78 is 36.4. The Balaban J connectivity index is 1.71. The Hall–Kier alpha value is -1.69. The van der Waals surface area contributed by atoms with Crippen LogP contribution in [0.3, 0.4) is 0 Å². The van der Waals surface area contributed by atoms with Crippen LogP contribution in [0, 0.1) is 0 Å². The van der Waals surface area contributed by atoms with Gasteiger partial charge in [-0.15, -0.1) is 0 Å². The third-order valence-corrected chi connectivity index (χ3v) is 5.53. The van der Waals surface area contributed by atoms with E-state index in [9.17, 15) is 13.6 Å². The number of carbonyl (C=O) groups is 1. The summed E-state index contributed by atoms with van der Waals surface area (Å²) in [6.45, 7) is 0.169. The summed E-state index contributed by atoms with van der Waals surface area (Å²) in [6.07, 6.45) is -0.367. The first-order chi connectivity index (χ1) is 10.9. The number of nitrogens with zero attached hydrogens (tertiary/aromatic N) is 1. The number of halogens is 2. The van der Waals surface area contributed by atoms with E-state index >= 15 is 0 Å². The van der Waals surface area contributed by atoms with E-state index in [4.69, 9.17) is 4.74 Å². The second kappa shape index (κ2) is 4.90. The standard InChI is InChI=1S/C17H19F2NO3/c1-20-7-6-16(5-4-12(21)9-15(16)20)11-2-3-13-14(8-11)22-10-17(18,19)23-13/h2-3,8,15H,4-7,9-10H2,1H3/t15-,16-/m0/s1. The summed E-state index contributed by atoms with van der Waals surface area (Å²) in [5.41, 5.74) is 0.966. The van der Waals surface area contributed by atoms with Crippen molar-refractivity contribution >= 4 is 5.78 Å². The van der Waals surface area contributed by atoms with Gasteiger partial charge in [0.15, 0.2) is 18.1 Å². The molecule has 2 heterocycles. The van der Waals surface area contributed by atoms with E-state index in [0.29, 0.717) is 24.4 Å². The molecule has 0 unspecified atom stereocenters. The second-order valence-corrected chi connectivity index (χ2v) is 6.83. The first-order valence-corrected chi connectivity index (χ1v) is 7.96. The number of fused-ring (bicyclic) bond motifs is 2. The molecule has 0 aromatic heterocycles. The summed E-state index contributed by atoms with van der Waals surface area (Å²) in [5, 5.41) is 0. The van der Waals surface area contributed by atoms with Gasteiger partial charge in [-0.1, -0.05) is 6.07 Å². The van der Waals surface area contributed by atoms with E-state index in [-0.39, 0.29) is 17.2 Å². The average molecular weight is 323 g/mol. The van der Waals surface area contributed by atoms with Gasteiger partial charge in [0.25, 0.3) is 0 Å². The fourth-order valence-corrected chi connectivity index (χ4v) is 4.29. The van der Waals surface area contributed by atoms with E-state index in [1.165, 1.54) is 0 Å². The quantitative estimate of drug-likeness (QED) is 0.797. The highest BCUT2D eigenvalue weighted by molar-refractivity contribution is 5.81. The molecule has 1 saturated heterocycles. The van der Waals surface area contributed by atoms with Crippen LogP contribution in [0.4, 0.5) is 8.78 Å². The molecule has 6 heteroatoms. The molecule has 23 heavy (non-hydrogen) atoms. The molecule has 0 amide bonds. The van der Waals surface area contributed by atoms with Gasteiger partial charge in [-0.05, 0) is 44.1 Å². The van der Waals surface area contributed by atoms with Crippen LogP contribution < -0.4 is 9.47 Å². The van der Waals surface area contributed by atoms with Crippen molar-refractivity contribution in [2.45, 2.75) is 43.2 Å². The first-order valence-electron chi connectivity index (χ1n) is 7.96. The number of carbonyl (C=O) groups excluding carboxylic acids is 1. The van der Waals surface area contributed by atoms with Crippen LogP contribution in [0.5, 0.6) is 11.5 Å². The molecule has 0 radical (unpaired) electrons. The van der Waals surface area contributed by atoms with Gasteiger partial charge in [0.2, 0.25) is 0 Å². The van der Waals surface area contributed by atoms with Crippen molar-refractivity contribution in [1.29, 1.82) is 0 Å². The number of likely N-dealkylation sites (N-methyl/N-ethyl adjacent to an activating group) is 1. The molecule has 1 aromatic rings. The Labute approximate surface area is 133 Å². The van der Waals surface area contributed by atoms with Crippen molar-refractivity contribution < 1.29 is 23.0 Å². The minimum atomic E-state index is -3.28. The van der Waals surface area contributed by atoms with Crippen LogP contribution >= 0.6 is 0 Å². The lowest BCUT2D eigenvalue weighted by atomic mass is 9.66. The highest BCUT2D eigenvalue weighted by Crippen LogP contribution is 2.49. The zero-order chi connectivity index (χ0) is 16.2. The molecule has 2 atom stereocenters. The number of benzene rings is 1. The topological polar surface area (TPSA) is 38.8 Å². The number of alkyl halides is 2. The molecule has 0 N–H and O–H groups in total. The predicted molar refractivity (Wildman–Crippen MR) is 79.1 cm³/mol. The highest BCUT2D eigenvalue weighted by Gasteiger charge is 2.50. The van der Waals surface area contributed by atoms with Crippen LogP contribution in [-0.2, 0) is 10.2 Å². The number of hydrogen-bond acceptors (Lipinski definition) is 4. The van der Waals surface area contributed by atoms with Crippen LogP contribution in [0.1, 0.15) is 31.2 Å². The van der Waals surface area contributed by atoms with Gasteiger partial charge in [-0.2, -0.15) is 8.78 Å². The van der Waals surface area contributed by atoms with Crippen molar-refractivity contribution in [3.05, 3.63) is 23.8 Å².